The molecule has 3 aromatic rings. The minimum Gasteiger partial charge on any atom is -0.471 e. The zero-order valence-corrected chi connectivity index (χ0v) is 15.6. The van der Waals surface area contributed by atoms with Crippen LogP contribution in [0.15, 0.2) is 54.9 Å². The Labute approximate surface area is 164 Å². The Morgan fingerprint density at radius 3 is 2.73 bits per heavy atom. The Morgan fingerprint density at radius 2 is 1.96 bits per heavy atom. The van der Waals surface area contributed by atoms with E-state index in [1.807, 2.05) is 0 Å². The van der Waals surface area contributed by atoms with Crippen molar-refractivity contribution in [1.82, 2.24) is 9.78 Å². The van der Waals surface area contributed by atoms with Crippen molar-refractivity contribution in [3.05, 3.63) is 70.7 Å². The molecule has 2 aromatic carbocycles. The predicted octanol–water partition coefficient (Wildman–Crippen LogP) is 5.17. The normalized spacial score (nSPS) is 10.4. The summed E-state index contributed by atoms with van der Waals surface area (Å²) in [5, 5.41) is 11.0. The number of anilines is 2. The Balaban J connectivity index is 1.54. The number of halogens is 3. The fraction of sp³-hybridized carbons (Fsp3) is 0.0588. The second-order valence-corrected chi connectivity index (χ2v) is 6.46. The number of ether oxygens (including phenoxy) is 1. The highest BCUT2D eigenvalue weighted by molar-refractivity contribution is 7.80. The third-order valence-corrected chi connectivity index (χ3v) is 3.96. The average Bonchev–Trinajstić information content (AvgIpc) is 3.04. The van der Waals surface area contributed by atoms with Crippen molar-refractivity contribution in [2.45, 2.75) is 6.73 Å². The highest BCUT2D eigenvalue weighted by Gasteiger charge is 2.05. The molecule has 0 aliphatic heterocycles. The largest absolute Gasteiger partial charge is 0.471 e. The quantitative estimate of drug-likeness (QED) is 0.567. The first-order valence-electron chi connectivity index (χ1n) is 7.43. The van der Waals surface area contributed by atoms with E-state index in [9.17, 15) is 4.39 Å². The molecule has 134 valence electrons. The summed E-state index contributed by atoms with van der Waals surface area (Å²) < 4.78 is 20.4. The molecule has 0 unspecified atom stereocenters. The van der Waals surface area contributed by atoms with Gasteiger partial charge in [0.2, 0.25) is 0 Å². The lowest BCUT2D eigenvalue weighted by atomic mass is 10.3. The predicted molar refractivity (Wildman–Crippen MR) is 106 cm³/mol. The van der Waals surface area contributed by atoms with E-state index in [0.29, 0.717) is 27.3 Å². The maximum atomic E-state index is 13.2. The highest BCUT2D eigenvalue weighted by atomic mass is 35.5. The molecule has 0 bridgehead atoms. The molecule has 0 spiro atoms. The zero-order chi connectivity index (χ0) is 18.5. The summed E-state index contributed by atoms with van der Waals surface area (Å²) >= 11 is 16.9. The van der Waals surface area contributed by atoms with Gasteiger partial charge in [0.15, 0.2) is 11.8 Å². The number of hydrogen-bond donors (Lipinski definition) is 2. The van der Waals surface area contributed by atoms with Crippen molar-refractivity contribution >= 4 is 51.9 Å². The lowest BCUT2D eigenvalue weighted by Crippen LogP contribution is -2.18. The topological polar surface area (TPSA) is 51.1 Å². The molecule has 1 aromatic heterocycles. The highest BCUT2D eigenvalue weighted by Crippen LogP contribution is 2.20. The van der Waals surface area contributed by atoms with Gasteiger partial charge in [-0.1, -0.05) is 29.3 Å². The molecule has 0 aliphatic carbocycles. The summed E-state index contributed by atoms with van der Waals surface area (Å²) in [5.74, 6) is 0.157. The molecule has 0 fully saturated rings. The molecule has 0 amide bonds. The second kappa shape index (κ2) is 8.35. The van der Waals surface area contributed by atoms with Crippen molar-refractivity contribution in [3.63, 3.8) is 0 Å². The Hall–Kier alpha value is -2.35. The molecule has 0 saturated carbocycles. The van der Waals surface area contributed by atoms with Crippen molar-refractivity contribution in [1.29, 1.82) is 0 Å². The lowest BCUT2D eigenvalue weighted by molar-refractivity contribution is 0.221. The number of rotatable bonds is 5. The first-order chi connectivity index (χ1) is 12.5. The van der Waals surface area contributed by atoms with E-state index in [-0.39, 0.29) is 11.8 Å². The molecule has 0 aliphatic rings. The summed E-state index contributed by atoms with van der Waals surface area (Å²) in [6.45, 7) is 0.218. The van der Waals surface area contributed by atoms with Crippen LogP contribution in [0.2, 0.25) is 10.0 Å². The molecule has 0 radical (unpaired) electrons. The smallest absolute Gasteiger partial charge is 0.180 e. The molecule has 26 heavy (non-hydrogen) atoms. The van der Waals surface area contributed by atoms with Crippen LogP contribution in [-0.2, 0) is 6.73 Å². The maximum Gasteiger partial charge on any atom is 0.180 e. The standard InChI is InChI=1S/C17H13Cl2FN4OS/c18-11-2-1-3-14(6-11)25-10-24-9-13(8-21-24)23-17(26)22-12-4-5-16(20)15(19)7-12/h1-9H,10H2,(H2,22,23,26). The molecule has 1 heterocycles. The average molecular weight is 411 g/mol. The van der Waals surface area contributed by atoms with Crippen LogP contribution in [0.5, 0.6) is 5.75 Å². The SMILES string of the molecule is Fc1ccc(NC(=S)Nc2cnn(COc3cccc(Cl)c3)c2)cc1Cl. The zero-order valence-electron chi connectivity index (χ0n) is 13.2. The van der Waals surface area contributed by atoms with E-state index < -0.39 is 5.82 Å². The summed E-state index contributed by atoms with van der Waals surface area (Å²) in [7, 11) is 0. The molecule has 5 nitrogen and oxygen atoms in total. The number of benzene rings is 2. The third-order valence-electron chi connectivity index (χ3n) is 3.23. The van der Waals surface area contributed by atoms with Gasteiger partial charge >= 0.3 is 0 Å². The van der Waals surface area contributed by atoms with E-state index in [4.69, 9.17) is 40.2 Å². The van der Waals surface area contributed by atoms with E-state index in [1.165, 1.54) is 18.2 Å². The van der Waals surface area contributed by atoms with Crippen LogP contribution in [-0.4, -0.2) is 14.9 Å². The van der Waals surface area contributed by atoms with E-state index in [0.717, 1.165) is 0 Å². The molecule has 0 atom stereocenters. The van der Waals surface area contributed by atoms with Crippen LogP contribution >= 0.6 is 35.4 Å². The van der Waals surface area contributed by atoms with Gasteiger partial charge in [0, 0.05) is 10.7 Å². The number of hydrogen-bond acceptors (Lipinski definition) is 3. The van der Waals surface area contributed by atoms with Crippen molar-refractivity contribution < 1.29 is 9.13 Å². The lowest BCUT2D eigenvalue weighted by Gasteiger charge is -2.09. The van der Waals surface area contributed by atoms with Gasteiger partial charge in [0.05, 0.1) is 23.1 Å². The van der Waals surface area contributed by atoms with Crippen molar-refractivity contribution in [3.8, 4) is 5.75 Å². The van der Waals surface area contributed by atoms with Crippen LogP contribution in [0.1, 0.15) is 0 Å². The Kier molecular flexibility index (Phi) is 5.92. The molecule has 2 N–H and O–H groups in total. The van der Waals surface area contributed by atoms with Crippen LogP contribution in [0, 0.1) is 5.82 Å². The monoisotopic (exact) mass is 410 g/mol. The number of aromatic nitrogens is 2. The minimum atomic E-state index is -0.489. The van der Waals surface area contributed by atoms with E-state index in [2.05, 4.69) is 15.7 Å². The summed E-state index contributed by atoms with van der Waals surface area (Å²) in [6.07, 6.45) is 3.34. The molecule has 9 heteroatoms. The van der Waals surface area contributed by atoms with E-state index >= 15 is 0 Å². The van der Waals surface area contributed by atoms with Gasteiger partial charge in [0.1, 0.15) is 11.6 Å². The summed E-state index contributed by atoms with van der Waals surface area (Å²) in [4.78, 5) is 0. The fourth-order valence-electron chi connectivity index (χ4n) is 2.06. The third kappa shape index (κ3) is 5.08. The Morgan fingerprint density at radius 1 is 1.15 bits per heavy atom. The Bertz CT molecular complexity index is 935. The van der Waals surface area contributed by atoms with Crippen LogP contribution in [0.25, 0.3) is 0 Å². The molecule has 3 rings (SSSR count). The molecular weight excluding hydrogens is 398 g/mol. The summed E-state index contributed by atoms with van der Waals surface area (Å²) in [6, 6.07) is 11.4. The first kappa shape index (κ1) is 18.4. The van der Waals surface area contributed by atoms with Gasteiger partial charge in [-0.2, -0.15) is 5.10 Å². The van der Waals surface area contributed by atoms with Gasteiger partial charge in [0.25, 0.3) is 0 Å². The van der Waals surface area contributed by atoms with Crippen LogP contribution in [0.3, 0.4) is 0 Å². The number of nitrogens with one attached hydrogen (secondary N) is 2. The van der Waals surface area contributed by atoms with Gasteiger partial charge in [-0.3, -0.25) is 0 Å². The van der Waals surface area contributed by atoms with Crippen molar-refractivity contribution in [2.75, 3.05) is 10.6 Å². The summed E-state index contributed by atoms with van der Waals surface area (Å²) in [5.41, 5.74) is 1.25. The van der Waals surface area contributed by atoms with Crippen molar-refractivity contribution in [2.24, 2.45) is 0 Å². The number of thiocarbonyl (C=S) groups is 1. The van der Waals surface area contributed by atoms with Gasteiger partial charge in [-0.15, -0.1) is 0 Å². The molecular formula is C17H13Cl2FN4OS. The van der Waals surface area contributed by atoms with Crippen LogP contribution < -0.4 is 15.4 Å². The number of nitrogens with zero attached hydrogens (tertiary/aromatic N) is 2. The second-order valence-electron chi connectivity index (χ2n) is 5.21. The minimum absolute atomic E-state index is 0.0174. The van der Waals surface area contributed by atoms with E-state index in [1.54, 1.807) is 41.3 Å². The maximum absolute atomic E-state index is 13.2. The van der Waals surface area contributed by atoms with Gasteiger partial charge in [-0.25, -0.2) is 9.07 Å². The van der Waals surface area contributed by atoms with Gasteiger partial charge < -0.3 is 15.4 Å². The molecule has 0 saturated heterocycles. The fourth-order valence-corrected chi connectivity index (χ4v) is 2.66. The van der Waals surface area contributed by atoms with Gasteiger partial charge in [-0.05, 0) is 48.6 Å². The first-order valence-corrected chi connectivity index (χ1v) is 8.60. The van der Waals surface area contributed by atoms with Crippen LogP contribution in [0.4, 0.5) is 15.8 Å².